The third-order valence-corrected chi connectivity index (χ3v) is 3.94. The Balaban J connectivity index is 1.96. The monoisotopic (exact) mass is 150 g/mol. The van der Waals surface area contributed by atoms with Crippen molar-refractivity contribution in [3.8, 4) is 0 Å². The maximum absolute atomic E-state index is 11.6. The van der Waals surface area contributed by atoms with Crippen molar-refractivity contribution >= 4 is 5.78 Å². The van der Waals surface area contributed by atoms with Crippen LogP contribution in [0.1, 0.15) is 32.1 Å². The van der Waals surface area contributed by atoms with Crippen molar-refractivity contribution in [3.05, 3.63) is 0 Å². The maximum atomic E-state index is 11.6. The molecule has 4 aliphatic rings. The second kappa shape index (κ2) is 1.88. The van der Waals surface area contributed by atoms with E-state index >= 15 is 0 Å². The molecule has 0 unspecified atom stereocenters. The lowest BCUT2D eigenvalue weighted by molar-refractivity contribution is -0.139. The largest absolute Gasteiger partial charge is 0.299 e. The van der Waals surface area contributed by atoms with Crippen molar-refractivity contribution in [2.45, 2.75) is 32.1 Å². The van der Waals surface area contributed by atoms with Gasteiger partial charge >= 0.3 is 0 Å². The molecule has 1 heteroatoms. The van der Waals surface area contributed by atoms with E-state index in [9.17, 15) is 4.79 Å². The minimum atomic E-state index is 0.506. The van der Waals surface area contributed by atoms with Crippen LogP contribution in [0.5, 0.6) is 0 Å². The zero-order valence-electron chi connectivity index (χ0n) is 6.75. The van der Waals surface area contributed by atoms with Crippen molar-refractivity contribution in [1.82, 2.24) is 0 Å². The summed E-state index contributed by atoms with van der Waals surface area (Å²) in [5, 5.41) is 0. The molecule has 0 atom stereocenters. The van der Waals surface area contributed by atoms with Crippen LogP contribution in [0.4, 0.5) is 0 Å². The van der Waals surface area contributed by atoms with Crippen LogP contribution in [-0.2, 0) is 4.79 Å². The first kappa shape index (κ1) is 6.22. The summed E-state index contributed by atoms with van der Waals surface area (Å²) in [6.07, 6.45) is 6.41. The van der Waals surface area contributed by atoms with Crippen LogP contribution in [0.2, 0.25) is 0 Å². The van der Waals surface area contributed by atoms with Crippen molar-refractivity contribution in [2.24, 2.45) is 23.7 Å². The highest BCUT2D eigenvalue weighted by Crippen LogP contribution is 2.51. The molecule has 4 saturated carbocycles. The first-order chi connectivity index (χ1) is 5.33. The quantitative estimate of drug-likeness (QED) is 0.516. The molecule has 0 spiro atoms. The molecule has 0 aromatic heterocycles. The topological polar surface area (TPSA) is 17.1 Å². The normalized spacial score (nSPS) is 53.6. The van der Waals surface area contributed by atoms with E-state index in [1.165, 1.54) is 32.1 Å². The van der Waals surface area contributed by atoms with Gasteiger partial charge in [0.2, 0.25) is 0 Å². The number of hydrogen-bond acceptors (Lipinski definition) is 1. The zero-order valence-corrected chi connectivity index (χ0v) is 6.75. The molecule has 0 aliphatic heterocycles. The Hall–Kier alpha value is -0.330. The highest BCUT2D eigenvalue weighted by molar-refractivity contribution is 5.85. The van der Waals surface area contributed by atoms with Crippen LogP contribution in [-0.4, -0.2) is 5.78 Å². The molecule has 0 N–H and O–H groups in total. The zero-order chi connectivity index (χ0) is 7.42. The molecular formula is C10H14O. The lowest BCUT2D eigenvalue weighted by Crippen LogP contribution is -2.45. The number of ketones is 1. The Labute approximate surface area is 67.2 Å². The summed E-state index contributed by atoms with van der Waals surface area (Å²) >= 11 is 0. The van der Waals surface area contributed by atoms with Gasteiger partial charge in [0.1, 0.15) is 5.78 Å². The van der Waals surface area contributed by atoms with Gasteiger partial charge in [-0.3, -0.25) is 4.79 Å². The third kappa shape index (κ3) is 0.743. The first-order valence-corrected chi connectivity index (χ1v) is 4.86. The fraction of sp³-hybridized carbons (Fsp3) is 0.900. The van der Waals surface area contributed by atoms with E-state index in [0.29, 0.717) is 17.6 Å². The minimum Gasteiger partial charge on any atom is -0.299 e. The molecule has 4 aliphatic carbocycles. The van der Waals surface area contributed by atoms with Crippen LogP contribution in [0.3, 0.4) is 0 Å². The fourth-order valence-corrected chi connectivity index (χ4v) is 3.65. The summed E-state index contributed by atoms with van der Waals surface area (Å²) in [6, 6.07) is 0. The van der Waals surface area contributed by atoms with E-state index < -0.39 is 0 Å². The smallest absolute Gasteiger partial charge is 0.139 e. The van der Waals surface area contributed by atoms with Crippen LogP contribution in [0.25, 0.3) is 0 Å². The van der Waals surface area contributed by atoms with Crippen LogP contribution >= 0.6 is 0 Å². The number of carbonyl (C=O) groups is 1. The average molecular weight is 150 g/mol. The number of rotatable bonds is 0. The molecule has 0 heterocycles. The Bertz CT molecular complexity index is 177. The van der Waals surface area contributed by atoms with Crippen molar-refractivity contribution in [2.75, 3.05) is 0 Å². The highest BCUT2D eigenvalue weighted by Gasteiger charge is 2.47. The molecular weight excluding hydrogens is 136 g/mol. The Morgan fingerprint density at radius 3 is 1.73 bits per heavy atom. The number of carbonyl (C=O) groups excluding carboxylic acids is 1. The van der Waals surface area contributed by atoms with Gasteiger partial charge in [-0.05, 0) is 43.9 Å². The minimum absolute atomic E-state index is 0.506. The van der Waals surface area contributed by atoms with Crippen LogP contribution < -0.4 is 0 Å². The molecule has 4 fully saturated rings. The van der Waals surface area contributed by atoms with Gasteiger partial charge in [0.25, 0.3) is 0 Å². The molecule has 11 heavy (non-hydrogen) atoms. The van der Waals surface area contributed by atoms with Crippen LogP contribution in [0.15, 0.2) is 0 Å². The van der Waals surface area contributed by atoms with Gasteiger partial charge in [0.05, 0.1) is 0 Å². The van der Waals surface area contributed by atoms with Crippen LogP contribution in [0, 0.1) is 23.7 Å². The summed E-state index contributed by atoms with van der Waals surface area (Å²) in [5.74, 6) is 3.51. The first-order valence-electron chi connectivity index (χ1n) is 4.86. The third-order valence-electron chi connectivity index (χ3n) is 3.94. The molecule has 0 radical (unpaired) electrons. The predicted molar refractivity (Wildman–Crippen MR) is 42.1 cm³/mol. The molecule has 60 valence electrons. The summed E-state index contributed by atoms with van der Waals surface area (Å²) in [6.45, 7) is 0. The lowest BCUT2D eigenvalue weighted by Gasteiger charge is -2.48. The number of Topliss-reactive ketones (excluding diaryl/α,β-unsaturated/α-hetero) is 1. The van der Waals surface area contributed by atoms with Gasteiger partial charge in [-0.25, -0.2) is 0 Å². The van der Waals surface area contributed by atoms with Crippen molar-refractivity contribution in [3.63, 3.8) is 0 Å². The van der Waals surface area contributed by atoms with E-state index in [2.05, 4.69) is 0 Å². The lowest BCUT2D eigenvalue weighted by atomic mass is 9.56. The van der Waals surface area contributed by atoms with Gasteiger partial charge in [-0.2, -0.15) is 0 Å². The van der Waals surface area contributed by atoms with Gasteiger partial charge in [0, 0.05) is 11.8 Å². The van der Waals surface area contributed by atoms with E-state index in [1.54, 1.807) is 0 Å². The average Bonchev–Trinajstić information content (AvgIpc) is 1.98. The van der Waals surface area contributed by atoms with E-state index in [1.807, 2.05) is 0 Å². The standard InChI is InChI=1S/C10H14O/c11-10-8-2-6-1-7(4-8)5-9(10)3-6/h6-9H,1-5H2/t6?,7?,8-,9+. The molecule has 1 nitrogen and oxygen atoms in total. The Morgan fingerprint density at radius 1 is 0.818 bits per heavy atom. The molecule has 0 amide bonds. The summed E-state index contributed by atoms with van der Waals surface area (Å²) in [5.41, 5.74) is 0. The van der Waals surface area contributed by atoms with Crippen molar-refractivity contribution in [1.29, 1.82) is 0 Å². The maximum Gasteiger partial charge on any atom is 0.139 e. The summed E-state index contributed by atoms with van der Waals surface area (Å²) < 4.78 is 0. The predicted octanol–water partition coefficient (Wildman–Crippen LogP) is 2.01. The highest BCUT2D eigenvalue weighted by atomic mass is 16.1. The fourth-order valence-electron chi connectivity index (χ4n) is 3.65. The Morgan fingerprint density at radius 2 is 1.27 bits per heavy atom. The van der Waals surface area contributed by atoms with Gasteiger partial charge in [0.15, 0.2) is 0 Å². The summed E-state index contributed by atoms with van der Waals surface area (Å²) in [7, 11) is 0. The molecule has 0 aromatic rings. The number of hydrogen-bond donors (Lipinski definition) is 0. The van der Waals surface area contributed by atoms with E-state index in [0.717, 1.165) is 11.8 Å². The van der Waals surface area contributed by atoms with Gasteiger partial charge in [-0.1, -0.05) is 0 Å². The van der Waals surface area contributed by atoms with Gasteiger partial charge in [-0.15, -0.1) is 0 Å². The second-order valence-corrected chi connectivity index (χ2v) is 4.71. The molecule has 0 saturated heterocycles. The molecule has 0 aromatic carbocycles. The van der Waals surface area contributed by atoms with E-state index in [-0.39, 0.29) is 0 Å². The molecule has 4 bridgehead atoms. The summed E-state index contributed by atoms with van der Waals surface area (Å²) in [4.78, 5) is 11.6. The molecule has 4 rings (SSSR count). The van der Waals surface area contributed by atoms with E-state index in [4.69, 9.17) is 0 Å². The van der Waals surface area contributed by atoms with Crippen molar-refractivity contribution < 1.29 is 4.79 Å². The second-order valence-electron chi connectivity index (χ2n) is 4.71. The Kier molecular flexibility index (Phi) is 1.06. The van der Waals surface area contributed by atoms with Gasteiger partial charge < -0.3 is 0 Å². The SMILES string of the molecule is O=C1[C@H]2CC3CC(C[C@H]1C3)C2.